The lowest BCUT2D eigenvalue weighted by Crippen LogP contribution is -2.17. The van der Waals surface area contributed by atoms with Crippen LogP contribution in [0, 0.1) is 5.92 Å². The number of nitrogen functional groups attached to an aromatic ring is 1. The highest BCUT2D eigenvalue weighted by atomic mass is 16.1. The van der Waals surface area contributed by atoms with Crippen LogP contribution >= 0.6 is 0 Å². The maximum Gasteiger partial charge on any atom is 0.250 e. The Kier molecular flexibility index (Phi) is 4.17. The minimum absolute atomic E-state index is 0.448. The first-order valence-electron chi connectivity index (χ1n) is 5.47. The number of nitrogens with two attached hydrogens (primary N) is 2. The summed E-state index contributed by atoms with van der Waals surface area (Å²) in [6.07, 6.45) is 1.09. The van der Waals surface area contributed by atoms with Gasteiger partial charge in [0, 0.05) is 17.9 Å². The van der Waals surface area contributed by atoms with Gasteiger partial charge in [0.1, 0.15) is 0 Å². The van der Waals surface area contributed by atoms with Gasteiger partial charge < -0.3 is 16.8 Å². The van der Waals surface area contributed by atoms with Gasteiger partial charge in [0.25, 0.3) is 5.91 Å². The lowest BCUT2D eigenvalue weighted by Gasteiger charge is -2.14. The number of rotatable bonds is 5. The molecule has 0 radical (unpaired) electrons. The Balaban J connectivity index is 2.82. The van der Waals surface area contributed by atoms with E-state index in [0.717, 1.165) is 18.7 Å². The van der Waals surface area contributed by atoms with Crippen LogP contribution in [0.5, 0.6) is 0 Å². The fourth-order valence-corrected chi connectivity index (χ4v) is 1.35. The standard InChI is InChI=1S/C12H19N3O/c1-3-8(2)7-15-11-5-4-9(13)6-10(11)12(14)16/h4-6,8,15H,3,7,13H2,1-2H3,(H2,14,16). The second-order valence-electron chi connectivity index (χ2n) is 4.06. The van der Waals surface area contributed by atoms with Gasteiger partial charge in [0.05, 0.1) is 5.56 Å². The van der Waals surface area contributed by atoms with Crippen molar-refractivity contribution in [2.24, 2.45) is 11.7 Å². The number of amides is 1. The summed E-state index contributed by atoms with van der Waals surface area (Å²) in [7, 11) is 0. The largest absolute Gasteiger partial charge is 0.399 e. The Labute approximate surface area is 96.0 Å². The van der Waals surface area contributed by atoms with E-state index in [9.17, 15) is 4.79 Å². The van der Waals surface area contributed by atoms with Gasteiger partial charge in [-0.25, -0.2) is 0 Å². The molecule has 4 heteroatoms. The summed E-state index contributed by atoms with van der Waals surface area (Å²) in [6.45, 7) is 5.10. The first-order chi connectivity index (χ1) is 7.54. The molecule has 0 aliphatic heterocycles. The molecule has 1 amide bonds. The lowest BCUT2D eigenvalue weighted by atomic mass is 10.1. The van der Waals surface area contributed by atoms with Crippen molar-refractivity contribution in [1.82, 2.24) is 0 Å². The predicted molar refractivity (Wildman–Crippen MR) is 67.3 cm³/mol. The fourth-order valence-electron chi connectivity index (χ4n) is 1.35. The number of carbonyl (C=O) groups excluding carboxylic acids is 1. The molecule has 0 heterocycles. The van der Waals surface area contributed by atoms with Gasteiger partial charge in [-0.2, -0.15) is 0 Å². The van der Waals surface area contributed by atoms with E-state index in [4.69, 9.17) is 11.5 Å². The zero-order chi connectivity index (χ0) is 12.1. The normalized spacial score (nSPS) is 12.1. The molecule has 5 N–H and O–H groups in total. The SMILES string of the molecule is CCC(C)CNc1ccc(N)cc1C(N)=O. The van der Waals surface area contributed by atoms with Crippen LogP contribution < -0.4 is 16.8 Å². The van der Waals surface area contributed by atoms with Crippen LogP contribution in [-0.4, -0.2) is 12.5 Å². The number of hydrogen-bond acceptors (Lipinski definition) is 3. The Morgan fingerprint density at radius 1 is 1.50 bits per heavy atom. The molecule has 0 spiro atoms. The van der Waals surface area contributed by atoms with Crippen LogP contribution in [0.15, 0.2) is 18.2 Å². The molecule has 0 bridgehead atoms. The third-order valence-electron chi connectivity index (χ3n) is 2.65. The molecule has 1 atom stereocenters. The average Bonchev–Trinajstić information content (AvgIpc) is 2.26. The Morgan fingerprint density at radius 2 is 2.19 bits per heavy atom. The van der Waals surface area contributed by atoms with Gasteiger partial charge in [-0.3, -0.25) is 4.79 Å². The molecule has 0 aliphatic rings. The smallest absolute Gasteiger partial charge is 0.250 e. The summed E-state index contributed by atoms with van der Waals surface area (Å²) < 4.78 is 0. The summed E-state index contributed by atoms with van der Waals surface area (Å²) in [5.41, 5.74) is 12.6. The second kappa shape index (κ2) is 5.39. The van der Waals surface area contributed by atoms with Gasteiger partial charge in [-0.05, 0) is 24.1 Å². The first kappa shape index (κ1) is 12.4. The van der Waals surface area contributed by atoms with Gasteiger partial charge in [0.2, 0.25) is 0 Å². The number of anilines is 2. The third-order valence-corrected chi connectivity index (χ3v) is 2.65. The third kappa shape index (κ3) is 3.15. The fraction of sp³-hybridized carbons (Fsp3) is 0.417. The molecule has 0 aromatic heterocycles. The minimum atomic E-state index is -0.459. The van der Waals surface area contributed by atoms with Crippen molar-refractivity contribution in [3.05, 3.63) is 23.8 Å². The monoisotopic (exact) mass is 221 g/mol. The topological polar surface area (TPSA) is 81.1 Å². The highest BCUT2D eigenvalue weighted by Crippen LogP contribution is 2.19. The maximum absolute atomic E-state index is 11.2. The van der Waals surface area contributed by atoms with Crippen LogP contribution in [0.2, 0.25) is 0 Å². The molecule has 4 nitrogen and oxygen atoms in total. The molecular formula is C12H19N3O. The van der Waals surface area contributed by atoms with Crippen molar-refractivity contribution in [3.8, 4) is 0 Å². The number of benzene rings is 1. The van der Waals surface area contributed by atoms with Gasteiger partial charge in [-0.15, -0.1) is 0 Å². The molecule has 0 aliphatic carbocycles. The van der Waals surface area contributed by atoms with Gasteiger partial charge in [0.15, 0.2) is 0 Å². The Morgan fingerprint density at radius 3 is 2.75 bits per heavy atom. The zero-order valence-corrected chi connectivity index (χ0v) is 9.79. The van der Waals surface area contributed by atoms with Crippen LogP contribution in [0.4, 0.5) is 11.4 Å². The van der Waals surface area contributed by atoms with E-state index in [2.05, 4.69) is 19.2 Å². The van der Waals surface area contributed by atoms with E-state index >= 15 is 0 Å². The quantitative estimate of drug-likeness (QED) is 0.663. The van der Waals surface area contributed by atoms with E-state index in [1.54, 1.807) is 18.2 Å². The number of nitrogens with one attached hydrogen (secondary N) is 1. The van der Waals surface area contributed by atoms with Crippen molar-refractivity contribution in [3.63, 3.8) is 0 Å². The predicted octanol–water partition coefficient (Wildman–Crippen LogP) is 1.83. The molecule has 0 fully saturated rings. The van der Waals surface area contributed by atoms with Crippen LogP contribution in [0.25, 0.3) is 0 Å². The minimum Gasteiger partial charge on any atom is -0.399 e. The lowest BCUT2D eigenvalue weighted by molar-refractivity contribution is 0.100. The van der Waals surface area contributed by atoms with Crippen molar-refractivity contribution in [2.45, 2.75) is 20.3 Å². The van der Waals surface area contributed by atoms with E-state index in [1.807, 2.05) is 0 Å². The van der Waals surface area contributed by atoms with E-state index in [1.165, 1.54) is 0 Å². The number of hydrogen-bond donors (Lipinski definition) is 3. The Hall–Kier alpha value is -1.71. The number of carbonyl (C=O) groups is 1. The molecular weight excluding hydrogens is 202 g/mol. The van der Waals surface area contributed by atoms with Gasteiger partial charge in [-0.1, -0.05) is 20.3 Å². The van der Waals surface area contributed by atoms with Crippen LogP contribution in [0.1, 0.15) is 30.6 Å². The maximum atomic E-state index is 11.2. The molecule has 1 unspecified atom stereocenters. The van der Waals surface area contributed by atoms with E-state index < -0.39 is 5.91 Å². The van der Waals surface area contributed by atoms with E-state index in [0.29, 0.717) is 17.2 Å². The molecule has 1 aromatic rings. The second-order valence-corrected chi connectivity index (χ2v) is 4.06. The molecule has 1 aromatic carbocycles. The summed E-state index contributed by atoms with van der Waals surface area (Å²) in [5.74, 6) is 0.0947. The van der Waals surface area contributed by atoms with Crippen molar-refractivity contribution in [1.29, 1.82) is 0 Å². The number of primary amides is 1. The highest BCUT2D eigenvalue weighted by molar-refractivity contribution is 5.99. The molecule has 0 saturated heterocycles. The Bertz CT molecular complexity index is 377. The van der Waals surface area contributed by atoms with Crippen LogP contribution in [-0.2, 0) is 0 Å². The van der Waals surface area contributed by atoms with Crippen LogP contribution in [0.3, 0.4) is 0 Å². The summed E-state index contributed by atoms with van der Waals surface area (Å²) in [6, 6.07) is 5.14. The first-order valence-corrected chi connectivity index (χ1v) is 5.47. The highest BCUT2D eigenvalue weighted by Gasteiger charge is 2.09. The summed E-state index contributed by atoms with van der Waals surface area (Å²) in [5, 5.41) is 3.22. The molecule has 1 rings (SSSR count). The van der Waals surface area contributed by atoms with Crippen molar-refractivity contribution >= 4 is 17.3 Å². The molecule has 0 saturated carbocycles. The summed E-state index contributed by atoms with van der Waals surface area (Å²) in [4.78, 5) is 11.2. The average molecular weight is 221 g/mol. The van der Waals surface area contributed by atoms with Crippen molar-refractivity contribution in [2.75, 3.05) is 17.6 Å². The molecule has 16 heavy (non-hydrogen) atoms. The van der Waals surface area contributed by atoms with Crippen molar-refractivity contribution < 1.29 is 4.79 Å². The van der Waals surface area contributed by atoms with E-state index in [-0.39, 0.29) is 0 Å². The summed E-state index contributed by atoms with van der Waals surface area (Å²) >= 11 is 0. The van der Waals surface area contributed by atoms with Gasteiger partial charge >= 0.3 is 0 Å². The molecule has 88 valence electrons. The zero-order valence-electron chi connectivity index (χ0n) is 9.79.